The molecule has 0 spiro atoms. The van der Waals surface area contributed by atoms with E-state index in [9.17, 15) is 9.50 Å². The van der Waals surface area contributed by atoms with Gasteiger partial charge < -0.3 is 10.0 Å². The highest BCUT2D eigenvalue weighted by molar-refractivity contribution is 5.55. The molecule has 0 saturated carbocycles. The molecule has 0 radical (unpaired) electrons. The van der Waals surface area contributed by atoms with Gasteiger partial charge in [-0.25, -0.2) is 4.39 Å². The number of nitrogens with zero attached hydrogens (tertiary/aromatic N) is 1. The Balaban J connectivity index is 2.24. The van der Waals surface area contributed by atoms with E-state index in [4.69, 9.17) is 0 Å². The second-order valence-corrected chi connectivity index (χ2v) is 5.54. The van der Waals surface area contributed by atoms with E-state index in [1.165, 1.54) is 18.9 Å². The van der Waals surface area contributed by atoms with Crippen molar-refractivity contribution < 1.29 is 9.50 Å². The summed E-state index contributed by atoms with van der Waals surface area (Å²) >= 11 is 0. The highest BCUT2D eigenvalue weighted by atomic mass is 19.1. The molecule has 1 aliphatic heterocycles. The van der Waals surface area contributed by atoms with Crippen LogP contribution in [0.3, 0.4) is 0 Å². The highest BCUT2D eigenvalue weighted by Crippen LogP contribution is 2.31. The van der Waals surface area contributed by atoms with Crippen molar-refractivity contribution in [2.24, 2.45) is 5.92 Å². The molecule has 0 aliphatic carbocycles. The van der Waals surface area contributed by atoms with E-state index >= 15 is 0 Å². The van der Waals surface area contributed by atoms with Crippen molar-refractivity contribution in [3.63, 3.8) is 0 Å². The highest BCUT2D eigenvalue weighted by Gasteiger charge is 2.21. The van der Waals surface area contributed by atoms with Crippen molar-refractivity contribution in [3.8, 4) is 0 Å². The Bertz CT molecular complexity index is 419. The van der Waals surface area contributed by atoms with Crippen LogP contribution in [0.2, 0.25) is 0 Å². The molecule has 1 aromatic rings. The quantitative estimate of drug-likeness (QED) is 0.896. The molecular formula is C16H24FNO. The zero-order valence-corrected chi connectivity index (χ0v) is 11.9. The maximum atomic E-state index is 13.9. The summed E-state index contributed by atoms with van der Waals surface area (Å²) in [6, 6.07) is 5.09. The van der Waals surface area contributed by atoms with Crippen LogP contribution in [-0.2, 0) is 0 Å². The van der Waals surface area contributed by atoms with Crippen LogP contribution in [0.5, 0.6) is 0 Å². The normalized spacial score (nSPS) is 22.1. The lowest BCUT2D eigenvalue weighted by atomic mass is 9.98. The molecular weight excluding hydrogens is 241 g/mol. The lowest BCUT2D eigenvalue weighted by molar-refractivity contribution is 0.194. The smallest absolute Gasteiger partial charge is 0.131 e. The SMILES string of the molecule is CCC1CCCN(c2cccc(F)c2[C@@H](C)O)CC1. The van der Waals surface area contributed by atoms with Crippen LogP contribution in [0.4, 0.5) is 10.1 Å². The number of aliphatic hydroxyl groups is 1. The van der Waals surface area contributed by atoms with Crippen molar-refractivity contribution in [1.82, 2.24) is 0 Å². The van der Waals surface area contributed by atoms with Crippen LogP contribution in [-0.4, -0.2) is 18.2 Å². The Hall–Kier alpha value is -1.09. The fourth-order valence-corrected chi connectivity index (χ4v) is 3.03. The van der Waals surface area contributed by atoms with Crippen LogP contribution in [0.1, 0.15) is 51.2 Å². The topological polar surface area (TPSA) is 23.5 Å². The van der Waals surface area contributed by atoms with Gasteiger partial charge in [-0.3, -0.25) is 0 Å². The average Bonchev–Trinajstić information content (AvgIpc) is 2.63. The predicted molar refractivity (Wildman–Crippen MR) is 76.9 cm³/mol. The number of rotatable bonds is 3. The van der Waals surface area contributed by atoms with Gasteiger partial charge >= 0.3 is 0 Å². The van der Waals surface area contributed by atoms with E-state index in [-0.39, 0.29) is 5.82 Å². The Kier molecular flexibility index (Phi) is 4.81. The minimum Gasteiger partial charge on any atom is -0.389 e. The Morgan fingerprint density at radius 3 is 2.84 bits per heavy atom. The molecule has 2 atom stereocenters. The van der Waals surface area contributed by atoms with Crippen LogP contribution < -0.4 is 4.90 Å². The molecule has 0 aromatic heterocycles. The molecule has 1 unspecified atom stereocenters. The third-order valence-corrected chi connectivity index (χ3v) is 4.21. The number of halogens is 1. The Morgan fingerprint density at radius 2 is 2.16 bits per heavy atom. The number of hydrogen-bond acceptors (Lipinski definition) is 2. The van der Waals surface area contributed by atoms with Crippen LogP contribution in [0.15, 0.2) is 18.2 Å². The minimum absolute atomic E-state index is 0.302. The molecule has 1 saturated heterocycles. The minimum atomic E-state index is -0.763. The fourth-order valence-electron chi connectivity index (χ4n) is 3.03. The number of aliphatic hydroxyl groups excluding tert-OH is 1. The number of hydrogen-bond donors (Lipinski definition) is 1. The van der Waals surface area contributed by atoms with Crippen LogP contribution in [0.25, 0.3) is 0 Å². The van der Waals surface area contributed by atoms with E-state index < -0.39 is 6.10 Å². The number of benzene rings is 1. The van der Waals surface area contributed by atoms with Crippen LogP contribution in [0, 0.1) is 11.7 Å². The molecule has 1 aliphatic rings. The first-order chi connectivity index (χ1) is 9.13. The summed E-state index contributed by atoms with van der Waals surface area (Å²) < 4.78 is 13.9. The summed E-state index contributed by atoms with van der Waals surface area (Å²) in [5.74, 6) is 0.484. The van der Waals surface area contributed by atoms with E-state index in [1.54, 1.807) is 13.0 Å². The second-order valence-electron chi connectivity index (χ2n) is 5.54. The fraction of sp³-hybridized carbons (Fsp3) is 0.625. The lowest BCUT2D eigenvalue weighted by Gasteiger charge is -2.26. The van der Waals surface area contributed by atoms with Gasteiger partial charge in [-0.2, -0.15) is 0 Å². The van der Waals surface area contributed by atoms with Crippen molar-refractivity contribution in [1.29, 1.82) is 0 Å². The standard InChI is InChI=1S/C16H24FNO/c1-3-13-6-5-10-18(11-9-13)15-8-4-7-14(17)16(15)12(2)19/h4,7-8,12-13,19H,3,5-6,9-11H2,1-2H3/t12-,13?/m1/s1. The molecule has 3 heteroatoms. The number of anilines is 1. The summed E-state index contributed by atoms with van der Waals surface area (Å²) in [5, 5.41) is 9.82. The van der Waals surface area contributed by atoms with Crippen molar-refractivity contribution in [2.75, 3.05) is 18.0 Å². The summed E-state index contributed by atoms with van der Waals surface area (Å²) in [6.07, 6.45) is 4.02. The second kappa shape index (κ2) is 6.38. The maximum Gasteiger partial charge on any atom is 0.131 e. The molecule has 1 N–H and O–H groups in total. The van der Waals surface area contributed by atoms with Crippen LogP contribution >= 0.6 is 0 Å². The molecule has 2 nitrogen and oxygen atoms in total. The van der Waals surface area contributed by atoms with Gasteiger partial charge in [0.2, 0.25) is 0 Å². The summed E-state index contributed by atoms with van der Waals surface area (Å²) in [6.45, 7) is 5.79. The van der Waals surface area contributed by atoms with Crippen molar-refractivity contribution >= 4 is 5.69 Å². The van der Waals surface area contributed by atoms with Gasteiger partial charge in [0.15, 0.2) is 0 Å². The summed E-state index contributed by atoms with van der Waals surface area (Å²) in [5.41, 5.74) is 1.31. The Labute approximate surface area is 115 Å². The molecule has 106 valence electrons. The Morgan fingerprint density at radius 1 is 1.37 bits per heavy atom. The zero-order chi connectivity index (χ0) is 13.8. The van der Waals surface area contributed by atoms with Gasteiger partial charge in [-0.15, -0.1) is 0 Å². The monoisotopic (exact) mass is 265 g/mol. The van der Waals surface area contributed by atoms with E-state index in [1.807, 2.05) is 6.07 Å². The third-order valence-electron chi connectivity index (χ3n) is 4.21. The largest absolute Gasteiger partial charge is 0.389 e. The van der Waals surface area contributed by atoms with E-state index in [0.717, 1.165) is 37.5 Å². The van der Waals surface area contributed by atoms with E-state index in [0.29, 0.717) is 5.56 Å². The maximum absolute atomic E-state index is 13.9. The first-order valence-corrected chi connectivity index (χ1v) is 7.35. The third kappa shape index (κ3) is 3.27. The first kappa shape index (κ1) is 14.3. The van der Waals surface area contributed by atoms with E-state index in [2.05, 4.69) is 11.8 Å². The molecule has 0 amide bonds. The van der Waals surface area contributed by atoms with Gasteiger partial charge in [0.1, 0.15) is 5.82 Å². The van der Waals surface area contributed by atoms with Gasteiger partial charge in [0, 0.05) is 24.3 Å². The zero-order valence-electron chi connectivity index (χ0n) is 11.9. The van der Waals surface area contributed by atoms with Crippen molar-refractivity contribution in [3.05, 3.63) is 29.6 Å². The molecule has 0 bridgehead atoms. The van der Waals surface area contributed by atoms with Gasteiger partial charge in [-0.05, 0) is 44.2 Å². The predicted octanol–water partition coefficient (Wildman–Crippen LogP) is 3.90. The summed E-state index contributed by atoms with van der Waals surface area (Å²) in [4.78, 5) is 2.24. The molecule has 19 heavy (non-hydrogen) atoms. The molecule has 2 rings (SSSR count). The molecule has 1 heterocycles. The van der Waals surface area contributed by atoms with Gasteiger partial charge in [0.05, 0.1) is 6.10 Å². The lowest BCUT2D eigenvalue weighted by Crippen LogP contribution is -2.26. The van der Waals surface area contributed by atoms with Gasteiger partial charge in [-0.1, -0.05) is 19.4 Å². The van der Waals surface area contributed by atoms with Gasteiger partial charge in [0.25, 0.3) is 0 Å². The molecule has 1 aromatic carbocycles. The van der Waals surface area contributed by atoms with Crippen molar-refractivity contribution in [2.45, 2.75) is 45.6 Å². The first-order valence-electron chi connectivity index (χ1n) is 7.35. The summed E-state index contributed by atoms with van der Waals surface area (Å²) in [7, 11) is 0. The average molecular weight is 265 g/mol. The molecule has 1 fully saturated rings.